The molecule has 0 bridgehead atoms. The van der Waals surface area contributed by atoms with Crippen molar-refractivity contribution in [1.82, 2.24) is 15.3 Å². The van der Waals surface area contributed by atoms with Gasteiger partial charge in [0.1, 0.15) is 18.8 Å². The summed E-state index contributed by atoms with van der Waals surface area (Å²) >= 11 is 0. The summed E-state index contributed by atoms with van der Waals surface area (Å²) in [6, 6.07) is 20.9. The Balaban J connectivity index is 1.19. The molecule has 4 aromatic rings. The highest BCUT2D eigenvalue weighted by Crippen LogP contribution is 2.44. The number of rotatable bonds is 6. The van der Waals surface area contributed by atoms with Crippen molar-refractivity contribution in [3.05, 3.63) is 93.9 Å². The average Bonchev–Trinajstić information content (AvgIpc) is 3.37. The van der Waals surface area contributed by atoms with Crippen molar-refractivity contribution < 1.29 is 19.7 Å². The molecule has 5 rings (SSSR count). The van der Waals surface area contributed by atoms with Crippen LogP contribution in [0.1, 0.15) is 28.7 Å². The molecule has 1 amide bonds. The number of hydrogen-bond donors (Lipinski definition) is 5. The summed E-state index contributed by atoms with van der Waals surface area (Å²) in [5.74, 6) is -0.0612. The summed E-state index contributed by atoms with van der Waals surface area (Å²) < 4.78 is 5.45. The predicted octanol–water partition coefficient (Wildman–Crippen LogP) is 2.79. The van der Waals surface area contributed by atoms with Gasteiger partial charge in [0.25, 0.3) is 0 Å². The van der Waals surface area contributed by atoms with Crippen LogP contribution in [0.2, 0.25) is 0 Å². The molecular weight excluding hydrogens is 422 g/mol. The standard InChI is InChI=1S/C25H23N3O5/c29-22(23(30)14-9-10-20-21(11-14)28-24(31)27-20)12-26-25(32)33-13-19-17-7-3-1-5-15(17)16-6-2-4-8-18(16)19/h1-11,19,22-23,29-30H,12-13H2,(H,26,32)(H2,27,28,31). The number of aliphatic hydroxyl groups excluding tert-OH is 2. The molecule has 1 heterocycles. The molecule has 0 radical (unpaired) electrons. The van der Waals surface area contributed by atoms with Crippen molar-refractivity contribution >= 4 is 17.1 Å². The first-order valence-electron chi connectivity index (χ1n) is 10.7. The van der Waals surface area contributed by atoms with Crippen LogP contribution in [0.15, 0.2) is 71.5 Å². The lowest BCUT2D eigenvalue weighted by molar-refractivity contribution is 0.0186. The van der Waals surface area contributed by atoms with E-state index < -0.39 is 18.3 Å². The summed E-state index contributed by atoms with van der Waals surface area (Å²) in [4.78, 5) is 28.9. The third-order valence-electron chi connectivity index (χ3n) is 6.05. The number of H-pyrrole nitrogens is 2. The van der Waals surface area contributed by atoms with Crippen LogP contribution in [0.25, 0.3) is 22.2 Å². The minimum absolute atomic E-state index is 0.0612. The van der Waals surface area contributed by atoms with Gasteiger partial charge in [0.15, 0.2) is 0 Å². The maximum atomic E-state index is 12.3. The van der Waals surface area contributed by atoms with Gasteiger partial charge < -0.3 is 30.2 Å². The molecule has 0 saturated heterocycles. The van der Waals surface area contributed by atoms with E-state index in [-0.39, 0.29) is 24.8 Å². The van der Waals surface area contributed by atoms with Crippen LogP contribution in [0, 0.1) is 0 Å². The lowest BCUT2D eigenvalue weighted by Crippen LogP contribution is -2.36. The minimum Gasteiger partial charge on any atom is -0.449 e. The Morgan fingerprint density at radius 2 is 1.58 bits per heavy atom. The van der Waals surface area contributed by atoms with Crippen molar-refractivity contribution in [3.63, 3.8) is 0 Å². The average molecular weight is 445 g/mol. The zero-order valence-electron chi connectivity index (χ0n) is 17.6. The molecule has 8 nitrogen and oxygen atoms in total. The number of benzene rings is 3. The van der Waals surface area contributed by atoms with E-state index >= 15 is 0 Å². The van der Waals surface area contributed by atoms with Gasteiger partial charge in [-0.05, 0) is 39.9 Å². The largest absolute Gasteiger partial charge is 0.449 e. The van der Waals surface area contributed by atoms with Gasteiger partial charge >= 0.3 is 11.8 Å². The SMILES string of the molecule is O=C(NCC(O)C(O)c1ccc2[nH]c(=O)[nH]c2c1)OCC1c2ccccc2-c2ccccc21. The van der Waals surface area contributed by atoms with E-state index in [0.717, 1.165) is 22.3 Å². The quantitative estimate of drug-likeness (QED) is 0.312. The van der Waals surface area contributed by atoms with Crippen LogP contribution < -0.4 is 11.0 Å². The molecule has 0 aliphatic heterocycles. The van der Waals surface area contributed by atoms with Crippen LogP contribution in [-0.2, 0) is 4.74 Å². The van der Waals surface area contributed by atoms with E-state index in [4.69, 9.17) is 4.74 Å². The molecule has 33 heavy (non-hydrogen) atoms. The Morgan fingerprint density at radius 3 is 2.27 bits per heavy atom. The van der Waals surface area contributed by atoms with E-state index in [1.54, 1.807) is 18.2 Å². The van der Waals surface area contributed by atoms with Gasteiger partial charge in [-0.15, -0.1) is 0 Å². The number of fused-ring (bicyclic) bond motifs is 4. The lowest BCUT2D eigenvalue weighted by atomic mass is 9.98. The Hall–Kier alpha value is -3.88. The van der Waals surface area contributed by atoms with Crippen molar-refractivity contribution in [2.45, 2.75) is 18.1 Å². The number of nitrogens with one attached hydrogen (secondary N) is 3. The van der Waals surface area contributed by atoms with Crippen molar-refractivity contribution in [2.24, 2.45) is 0 Å². The van der Waals surface area contributed by atoms with E-state index in [2.05, 4.69) is 27.4 Å². The monoisotopic (exact) mass is 445 g/mol. The molecule has 8 heteroatoms. The summed E-state index contributed by atoms with van der Waals surface area (Å²) in [5.41, 5.74) is 5.69. The molecule has 1 aliphatic rings. The minimum atomic E-state index is -1.26. The van der Waals surface area contributed by atoms with E-state index in [1.807, 2.05) is 36.4 Å². The van der Waals surface area contributed by atoms with Gasteiger partial charge in [-0.2, -0.15) is 0 Å². The van der Waals surface area contributed by atoms with E-state index in [1.165, 1.54) is 0 Å². The Kier molecular flexibility index (Phi) is 5.45. The number of aromatic amines is 2. The maximum absolute atomic E-state index is 12.3. The fraction of sp³-hybridized carbons (Fsp3) is 0.200. The van der Waals surface area contributed by atoms with Crippen LogP contribution in [0.4, 0.5) is 4.79 Å². The van der Waals surface area contributed by atoms with Gasteiger partial charge in [0.05, 0.1) is 11.0 Å². The highest BCUT2D eigenvalue weighted by molar-refractivity contribution is 5.79. The first kappa shape index (κ1) is 21.0. The molecule has 2 atom stereocenters. The Labute approximate surface area is 188 Å². The van der Waals surface area contributed by atoms with Gasteiger partial charge in [-0.3, -0.25) is 0 Å². The second-order valence-electron chi connectivity index (χ2n) is 8.10. The number of ether oxygens (including phenoxy) is 1. The maximum Gasteiger partial charge on any atom is 0.407 e. The topological polar surface area (TPSA) is 127 Å². The van der Waals surface area contributed by atoms with Gasteiger partial charge in [-0.25, -0.2) is 9.59 Å². The van der Waals surface area contributed by atoms with Crippen molar-refractivity contribution in [3.8, 4) is 11.1 Å². The fourth-order valence-electron chi connectivity index (χ4n) is 4.41. The van der Waals surface area contributed by atoms with Crippen molar-refractivity contribution in [2.75, 3.05) is 13.2 Å². The number of aliphatic hydroxyl groups is 2. The zero-order chi connectivity index (χ0) is 22.9. The lowest BCUT2D eigenvalue weighted by Gasteiger charge is -2.19. The van der Waals surface area contributed by atoms with Crippen LogP contribution in [0.3, 0.4) is 0 Å². The zero-order valence-corrected chi connectivity index (χ0v) is 17.6. The number of amides is 1. The molecule has 3 aromatic carbocycles. The van der Waals surface area contributed by atoms with Gasteiger partial charge in [0, 0.05) is 12.5 Å². The number of imidazole rings is 1. The smallest absolute Gasteiger partial charge is 0.407 e. The number of carbonyl (C=O) groups is 1. The van der Waals surface area contributed by atoms with Crippen LogP contribution in [0.5, 0.6) is 0 Å². The number of alkyl carbamates (subject to hydrolysis) is 1. The molecule has 1 aliphatic carbocycles. The molecule has 2 unspecified atom stereocenters. The highest BCUT2D eigenvalue weighted by atomic mass is 16.5. The molecule has 1 aromatic heterocycles. The van der Waals surface area contributed by atoms with E-state index in [0.29, 0.717) is 16.6 Å². The molecule has 0 spiro atoms. The summed E-state index contributed by atoms with van der Waals surface area (Å²) in [5, 5.41) is 23.3. The second kappa shape index (κ2) is 8.57. The fourth-order valence-corrected chi connectivity index (χ4v) is 4.41. The van der Waals surface area contributed by atoms with Gasteiger partial charge in [0.2, 0.25) is 0 Å². The molecule has 0 saturated carbocycles. The highest BCUT2D eigenvalue weighted by Gasteiger charge is 2.29. The summed E-state index contributed by atoms with van der Waals surface area (Å²) in [6.45, 7) is -0.0322. The first-order valence-corrected chi connectivity index (χ1v) is 10.7. The number of aromatic nitrogens is 2. The number of carbonyl (C=O) groups excluding carboxylic acids is 1. The summed E-state index contributed by atoms with van der Waals surface area (Å²) in [7, 11) is 0. The third-order valence-corrected chi connectivity index (χ3v) is 6.05. The van der Waals surface area contributed by atoms with Gasteiger partial charge in [-0.1, -0.05) is 54.6 Å². The molecule has 0 fully saturated rings. The molecular formula is C25H23N3O5. The third kappa shape index (κ3) is 4.02. The molecule has 5 N–H and O–H groups in total. The Morgan fingerprint density at radius 1 is 0.939 bits per heavy atom. The molecule has 168 valence electrons. The van der Waals surface area contributed by atoms with Crippen LogP contribution in [-0.4, -0.2) is 45.5 Å². The summed E-state index contributed by atoms with van der Waals surface area (Å²) in [6.07, 6.45) is -3.18. The normalized spacial score (nSPS) is 14.5. The van der Waals surface area contributed by atoms with E-state index in [9.17, 15) is 19.8 Å². The van der Waals surface area contributed by atoms with Crippen LogP contribution >= 0.6 is 0 Å². The number of hydrogen-bond acceptors (Lipinski definition) is 5. The Bertz CT molecular complexity index is 1330. The first-order chi connectivity index (χ1) is 16.0. The predicted molar refractivity (Wildman–Crippen MR) is 123 cm³/mol. The second-order valence-corrected chi connectivity index (χ2v) is 8.10. The van der Waals surface area contributed by atoms with Crippen molar-refractivity contribution in [1.29, 1.82) is 0 Å².